The van der Waals surface area contributed by atoms with Crippen LogP contribution in [0.1, 0.15) is 33.9 Å². The third-order valence-electron chi connectivity index (χ3n) is 3.85. The second-order valence-electron chi connectivity index (χ2n) is 5.95. The van der Waals surface area contributed by atoms with E-state index < -0.39 is 12.2 Å². The van der Waals surface area contributed by atoms with Gasteiger partial charge in [0.15, 0.2) is 0 Å². The van der Waals surface area contributed by atoms with E-state index in [1.165, 1.54) is 5.56 Å². The zero-order valence-corrected chi connectivity index (χ0v) is 13.6. The highest BCUT2D eigenvalue weighted by molar-refractivity contribution is 5.36. The molecule has 0 aromatic heterocycles. The summed E-state index contributed by atoms with van der Waals surface area (Å²) in [6.07, 6.45) is -1.92. The van der Waals surface area contributed by atoms with Crippen molar-refractivity contribution in [2.75, 3.05) is 6.61 Å². The van der Waals surface area contributed by atoms with Gasteiger partial charge in [0.1, 0.15) is 24.6 Å². The van der Waals surface area contributed by atoms with E-state index in [9.17, 15) is 10.2 Å². The molecule has 0 bridgehead atoms. The molecule has 0 spiro atoms. The van der Waals surface area contributed by atoms with Gasteiger partial charge in [0.25, 0.3) is 0 Å². The highest BCUT2D eigenvalue weighted by atomic mass is 16.5. The van der Waals surface area contributed by atoms with E-state index in [1.807, 2.05) is 64.1 Å². The van der Waals surface area contributed by atoms with Gasteiger partial charge in [0.05, 0.1) is 0 Å². The van der Waals surface area contributed by atoms with Crippen LogP contribution in [0.4, 0.5) is 0 Å². The van der Waals surface area contributed by atoms with Gasteiger partial charge >= 0.3 is 0 Å². The third-order valence-corrected chi connectivity index (χ3v) is 3.85. The highest BCUT2D eigenvalue weighted by Gasteiger charge is 2.21. The van der Waals surface area contributed by atoms with Gasteiger partial charge in [0, 0.05) is 0 Å². The molecule has 2 rings (SSSR count). The molecule has 2 aromatic rings. The van der Waals surface area contributed by atoms with Crippen LogP contribution >= 0.6 is 0 Å². The molecule has 118 valence electrons. The number of hydrogen-bond acceptors (Lipinski definition) is 3. The summed E-state index contributed by atoms with van der Waals surface area (Å²) in [5.41, 5.74) is 5.03. The summed E-state index contributed by atoms with van der Waals surface area (Å²) >= 11 is 0. The van der Waals surface area contributed by atoms with Gasteiger partial charge in [-0.05, 0) is 50.5 Å². The van der Waals surface area contributed by atoms with E-state index in [-0.39, 0.29) is 6.61 Å². The topological polar surface area (TPSA) is 49.7 Å². The average Bonchev–Trinajstić information content (AvgIpc) is 2.45. The number of aliphatic hydroxyl groups is 2. The molecule has 0 aliphatic heterocycles. The Hall–Kier alpha value is -1.84. The molecule has 2 N–H and O–H groups in total. The Kier molecular flexibility index (Phi) is 5.22. The van der Waals surface area contributed by atoms with Gasteiger partial charge in [-0.1, -0.05) is 41.5 Å². The van der Waals surface area contributed by atoms with Crippen LogP contribution in [0.3, 0.4) is 0 Å². The van der Waals surface area contributed by atoms with Gasteiger partial charge < -0.3 is 14.9 Å². The van der Waals surface area contributed by atoms with Gasteiger partial charge in [-0.25, -0.2) is 0 Å². The predicted octanol–water partition coefficient (Wildman–Crippen LogP) is 3.39. The van der Waals surface area contributed by atoms with Crippen LogP contribution < -0.4 is 4.74 Å². The SMILES string of the molecule is Cc1ccc(OCC(O)C(O)c2ccc(C)cc2C)c(C)c1. The molecular weight excluding hydrogens is 276 g/mol. The van der Waals surface area contributed by atoms with Crippen molar-refractivity contribution >= 4 is 0 Å². The summed E-state index contributed by atoms with van der Waals surface area (Å²) < 4.78 is 5.65. The Labute approximate surface area is 132 Å². The quantitative estimate of drug-likeness (QED) is 0.890. The minimum atomic E-state index is -0.970. The number of hydrogen-bond donors (Lipinski definition) is 2. The molecule has 3 heteroatoms. The lowest BCUT2D eigenvalue weighted by Gasteiger charge is -2.21. The lowest BCUT2D eigenvalue weighted by Crippen LogP contribution is -2.26. The molecule has 22 heavy (non-hydrogen) atoms. The molecule has 0 amide bonds. The van der Waals surface area contributed by atoms with Crippen molar-refractivity contribution in [3.63, 3.8) is 0 Å². The largest absolute Gasteiger partial charge is 0.491 e. The molecular formula is C19H24O3. The van der Waals surface area contributed by atoms with Crippen LogP contribution in [0, 0.1) is 27.7 Å². The van der Waals surface area contributed by atoms with E-state index in [0.717, 1.165) is 28.0 Å². The van der Waals surface area contributed by atoms with Crippen LogP contribution in [-0.2, 0) is 0 Å². The van der Waals surface area contributed by atoms with Gasteiger partial charge in [-0.15, -0.1) is 0 Å². The number of benzene rings is 2. The van der Waals surface area contributed by atoms with E-state index in [4.69, 9.17) is 4.74 Å². The number of rotatable bonds is 5. The standard InChI is InChI=1S/C19H24O3/c1-12-5-7-16(14(3)9-12)19(21)17(20)11-22-18-8-6-13(2)10-15(18)4/h5-10,17,19-21H,11H2,1-4H3. The minimum absolute atomic E-state index is 0.0540. The zero-order chi connectivity index (χ0) is 16.3. The van der Waals surface area contributed by atoms with E-state index in [2.05, 4.69) is 0 Å². The van der Waals surface area contributed by atoms with Crippen LogP contribution in [-0.4, -0.2) is 22.9 Å². The Balaban J connectivity index is 2.03. The van der Waals surface area contributed by atoms with Crippen LogP contribution in [0.2, 0.25) is 0 Å². The number of aryl methyl sites for hydroxylation is 4. The molecule has 0 aliphatic rings. The second-order valence-corrected chi connectivity index (χ2v) is 5.95. The van der Waals surface area contributed by atoms with Crippen LogP contribution in [0.5, 0.6) is 5.75 Å². The van der Waals surface area contributed by atoms with Crippen molar-refractivity contribution in [2.24, 2.45) is 0 Å². The van der Waals surface area contributed by atoms with E-state index in [0.29, 0.717) is 0 Å². The summed E-state index contributed by atoms with van der Waals surface area (Å²) in [6, 6.07) is 11.7. The Morgan fingerprint density at radius 2 is 1.45 bits per heavy atom. The van der Waals surface area contributed by atoms with Crippen LogP contribution in [0.25, 0.3) is 0 Å². The molecule has 2 atom stereocenters. The van der Waals surface area contributed by atoms with Crippen molar-refractivity contribution < 1.29 is 14.9 Å². The van der Waals surface area contributed by atoms with Crippen molar-refractivity contribution in [3.05, 3.63) is 64.2 Å². The smallest absolute Gasteiger partial charge is 0.122 e. The normalized spacial score (nSPS) is 13.7. The third kappa shape index (κ3) is 3.87. The monoisotopic (exact) mass is 300 g/mol. The summed E-state index contributed by atoms with van der Waals surface area (Å²) in [4.78, 5) is 0. The Morgan fingerprint density at radius 3 is 2.05 bits per heavy atom. The molecule has 0 saturated heterocycles. The fourth-order valence-corrected chi connectivity index (χ4v) is 2.59. The fourth-order valence-electron chi connectivity index (χ4n) is 2.59. The van der Waals surface area contributed by atoms with Crippen LogP contribution in [0.15, 0.2) is 36.4 Å². The molecule has 0 aliphatic carbocycles. The lowest BCUT2D eigenvalue weighted by atomic mass is 9.98. The molecule has 0 heterocycles. The van der Waals surface area contributed by atoms with Crippen molar-refractivity contribution in [3.8, 4) is 5.75 Å². The molecule has 2 aromatic carbocycles. The summed E-state index contributed by atoms with van der Waals surface area (Å²) in [5.74, 6) is 0.734. The van der Waals surface area contributed by atoms with Gasteiger partial charge in [-0.2, -0.15) is 0 Å². The highest BCUT2D eigenvalue weighted by Crippen LogP contribution is 2.24. The second kappa shape index (κ2) is 6.95. The first-order valence-electron chi connectivity index (χ1n) is 7.52. The van der Waals surface area contributed by atoms with Crippen molar-refractivity contribution in [1.29, 1.82) is 0 Å². The molecule has 2 unspecified atom stereocenters. The van der Waals surface area contributed by atoms with Gasteiger partial charge in [-0.3, -0.25) is 0 Å². The minimum Gasteiger partial charge on any atom is -0.491 e. The number of ether oxygens (including phenoxy) is 1. The summed E-state index contributed by atoms with van der Waals surface area (Å²) in [5, 5.41) is 20.5. The molecule has 0 radical (unpaired) electrons. The zero-order valence-electron chi connectivity index (χ0n) is 13.6. The first-order chi connectivity index (χ1) is 10.4. The maximum atomic E-state index is 10.3. The van der Waals surface area contributed by atoms with E-state index in [1.54, 1.807) is 0 Å². The maximum absolute atomic E-state index is 10.3. The Morgan fingerprint density at radius 1 is 0.864 bits per heavy atom. The summed E-state index contributed by atoms with van der Waals surface area (Å²) in [6.45, 7) is 7.98. The Bertz CT molecular complexity index is 649. The van der Waals surface area contributed by atoms with Gasteiger partial charge in [0.2, 0.25) is 0 Å². The number of aliphatic hydroxyl groups excluding tert-OH is 2. The molecule has 0 saturated carbocycles. The molecule has 3 nitrogen and oxygen atoms in total. The van der Waals surface area contributed by atoms with Crippen molar-refractivity contribution in [2.45, 2.75) is 39.9 Å². The van der Waals surface area contributed by atoms with E-state index >= 15 is 0 Å². The van der Waals surface area contributed by atoms with Crippen molar-refractivity contribution in [1.82, 2.24) is 0 Å². The first kappa shape index (κ1) is 16.5. The maximum Gasteiger partial charge on any atom is 0.122 e. The lowest BCUT2D eigenvalue weighted by molar-refractivity contribution is -0.00942. The fraction of sp³-hybridized carbons (Fsp3) is 0.368. The first-order valence-corrected chi connectivity index (χ1v) is 7.52. The predicted molar refractivity (Wildman–Crippen MR) is 88.3 cm³/mol. The summed E-state index contributed by atoms with van der Waals surface area (Å²) in [7, 11) is 0. The molecule has 0 fully saturated rings. The average molecular weight is 300 g/mol.